The van der Waals surface area contributed by atoms with E-state index in [4.69, 9.17) is 4.42 Å². The van der Waals surface area contributed by atoms with Gasteiger partial charge >= 0.3 is 0 Å². The Hall–Kier alpha value is -3.34. The van der Waals surface area contributed by atoms with Crippen molar-refractivity contribution in [1.29, 1.82) is 0 Å². The summed E-state index contributed by atoms with van der Waals surface area (Å²) in [6.07, 6.45) is 3.56. The molecule has 0 amide bonds. The van der Waals surface area contributed by atoms with Gasteiger partial charge in [0.05, 0.1) is 23.9 Å². The average molecular weight is 330 g/mol. The molecular weight excluding hydrogens is 312 g/mol. The van der Waals surface area contributed by atoms with Gasteiger partial charge in [-0.25, -0.2) is 4.98 Å². The predicted octanol–water partition coefficient (Wildman–Crippen LogP) is 4.89. The minimum Gasteiger partial charge on any atom is -0.465 e. The van der Waals surface area contributed by atoms with Gasteiger partial charge in [-0.2, -0.15) is 0 Å². The van der Waals surface area contributed by atoms with Gasteiger partial charge in [-0.1, -0.05) is 0 Å². The molecule has 124 valence electrons. The maximum Gasteiger partial charge on any atom is 0.127 e. The molecule has 0 saturated heterocycles. The monoisotopic (exact) mass is 330 g/mol. The van der Waals surface area contributed by atoms with Crippen LogP contribution in [-0.4, -0.2) is 9.97 Å². The highest BCUT2D eigenvalue weighted by molar-refractivity contribution is 5.84. The first-order valence-electron chi connectivity index (χ1n) is 8.13. The Morgan fingerprint density at radius 1 is 1.00 bits per heavy atom. The van der Waals surface area contributed by atoms with Crippen LogP contribution in [0, 0.1) is 6.92 Å². The fourth-order valence-electron chi connectivity index (χ4n) is 2.66. The van der Waals surface area contributed by atoms with E-state index in [9.17, 15) is 0 Å². The Labute approximate surface area is 145 Å². The topological polar surface area (TPSA) is 63.0 Å². The lowest BCUT2D eigenvalue weighted by atomic mass is 10.2. The van der Waals surface area contributed by atoms with Crippen LogP contribution < -0.4 is 10.6 Å². The molecule has 0 aliphatic heterocycles. The Kier molecular flexibility index (Phi) is 4.04. The molecule has 0 saturated carbocycles. The van der Waals surface area contributed by atoms with Crippen molar-refractivity contribution in [3.8, 4) is 0 Å². The SMILES string of the molecule is Cc1ccc(CNc2ccc3cc(Nc4cccnc4)ccc3n2)o1. The van der Waals surface area contributed by atoms with Gasteiger partial charge < -0.3 is 15.1 Å². The lowest BCUT2D eigenvalue weighted by Crippen LogP contribution is -2.00. The van der Waals surface area contributed by atoms with Crippen LogP contribution in [0.2, 0.25) is 0 Å². The first-order chi connectivity index (χ1) is 12.3. The molecule has 0 aliphatic rings. The highest BCUT2D eigenvalue weighted by Gasteiger charge is 2.03. The van der Waals surface area contributed by atoms with Crippen molar-refractivity contribution < 1.29 is 4.42 Å². The average Bonchev–Trinajstić information content (AvgIpc) is 3.06. The number of pyridine rings is 2. The first kappa shape index (κ1) is 15.2. The van der Waals surface area contributed by atoms with Gasteiger partial charge in [0.15, 0.2) is 0 Å². The number of hydrogen-bond donors (Lipinski definition) is 2. The molecule has 4 aromatic rings. The number of nitrogens with zero attached hydrogens (tertiary/aromatic N) is 2. The van der Waals surface area contributed by atoms with Crippen LogP contribution in [0.25, 0.3) is 10.9 Å². The molecule has 0 atom stereocenters. The standard InChI is InChI=1S/C20H18N4O/c1-14-4-7-18(25-14)13-22-20-9-5-15-11-16(6-8-19(15)24-20)23-17-3-2-10-21-12-17/h2-12,23H,13H2,1H3,(H,22,24). The fraction of sp³-hybridized carbons (Fsp3) is 0.100. The van der Waals surface area contributed by atoms with E-state index in [0.29, 0.717) is 6.54 Å². The quantitative estimate of drug-likeness (QED) is 0.545. The number of anilines is 3. The largest absolute Gasteiger partial charge is 0.465 e. The molecule has 0 aliphatic carbocycles. The Morgan fingerprint density at radius 3 is 2.76 bits per heavy atom. The molecular formula is C20H18N4O. The second-order valence-corrected chi connectivity index (χ2v) is 5.84. The summed E-state index contributed by atoms with van der Waals surface area (Å²) in [4.78, 5) is 8.76. The van der Waals surface area contributed by atoms with E-state index < -0.39 is 0 Å². The zero-order valence-electron chi connectivity index (χ0n) is 13.9. The van der Waals surface area contributed by atoms with E-state index >= 15 is 0 Å². The number of furan rings is 1. The van der Waals surface area contributed by atoms with E-state index in [-0.39, 0.29) is 0 Å². The maximum absolute atomic E-state index is 5.56. The van der Waals surface area contributed by atoms with Crippen LogP contribution in [0.4, 0.5) is 17.2 Å². The molecule has 1 aromatic carbocycles. The van der Waals surface area contributed by atoms with Crippen molar-refractivity contribution in [2.45, 2.75) is 13.5 Å². The second-order valence-electron chi connectivity index (χ2n) is 5.84. The summed E-state index contributed by atoms with van der Waals surface area (Å²) < 4.78 is 5.56. The van der Waals surface area contributed by atoms with E-state index in [0.717, 1.165) is 39.6 Å². The summed E-state index contributed by atoms with van der Waals surface area (Å²) in [5.41, 5.74) is 2.91. The molecule has 4 rings (SSSR count). The lowest BCUT2D eigenvalue weighted by molar-refractivity contribution is 0.490. The lowest BCUT2D eigenvalue weighted by Gasteiger charge is -2.08. The van der Waals surface area contributed by atoms with Crippen LogP contribution in [0.5, 0.6) is 0 Å². The predicted molar refractivity (Wildman–Crippen MR) is 100 cm³/mol. The molecule has 3 heterocycles. The highest BCUT2D eigenvalue weighted by Crippen LogP contribution is 2.22. The van der Waals surface area contributed by atoms with Crippen LogP contribution in [0.1, 0.15) is 11.5 Å². The summed E-state index contributed by atoms with van der Waals surface area (Å²) in [5, 5.41) is 7.71. The summed E-state index contributed by atoms with van der Waals surface area (Å²) >= 11 is 0. The molecule has 3 aromatic heterocycles. The van der Waals surface area contributed by atoms with Crippen molar-refractivity contribution >= 4 is 28.1 Å². The minimum atomic E-state index is 0.618. The van der Waals surface area contributed by atoms with E-state index in [1.807, 2.05) is 49.4 Å². The minimum absolute atomic E-state index is 0.618. The Bertz CT molecular complexity index is 995. The zero-order valence-corrected chi connectivity index (χ0v) is 13.9. The Morgan fingerprint density at radius 2 is 1.96 bits per heavy atom. The molecule has 5 heteroatoms. The van der Waals surface area contributed by atoms with Gasteiger partial charge in [-0.3, -0.25) is 4.98 Å². The number of aryl methyl sites for hydroxylation is 1. The van der Waals surface area contributed by atoms with Gasteiger partial charge in [0.1, 0.15) is 17.3 Å². The van der Waals surface area contributed by atoms with Crippen LogP contribution >= 0.6 is 0 Å². The van der Waals surface area contributed by atoms with E-state index in [1.54, 1.807) is 12.4 Å². The van der Waals surface area contributed by atoms with Crippen LogP contribution in [0.15, 0.2) is 71.4 Å². The highest BCUT2D eigenvalue weighted by atomic mass is 16.3. The first-order valence-corrected chi connectivity index (χ1v) is 8.13. The third kappa shape index (κ3) is 3.61. The smallest absolute Gasteiger partial charge is 0.127 e. The van der Waals surface area contributed by atoms with Crippen molar-refractivity contribution in [1.82, 2.24) is 9.97 Å². The molecule has 25 heavy (non-hydrogen) atoms. The molecule has 0 fully saturated rings. The van der Waals surface area contributed by atoms with Crippen molar-refractivity contribution in [2.24, 2.45) is 0 Å². The molecule has 0 spiro atoms. The van der Waals surface area contributed by atoms with Gasteiger partial charge in [0.25, 0.3) is 0 Å². The number of benzene rings is 1. The number of rotatable bonds is 5. The summed E-state index contributed by atoms with van der Waals surface area (Å²) in [5.74, 6) is 2.64. The fourth-order valence-corrected chi connectivity index (χ4v) is 2.66. The Balaban J connectivity index is 1.50. The van der Waals surface area contributed by atoms with Crippen molar-refractivity contribution in [3.63, 3.8) is 0 Å². The maximum atomic E-state index is 5.56. The summed E-state index contributed by atoms with van der Waals surface area (Å²) in [6, 6.07) is 18.0. The van der Waals surface area contributed by atoms with E-state index in [2.05, 4.69) is 32.7 Å². The van der Waals surface area contributed by atoms with Crippen molar-refractivity contribution in [2.75, 3.05) is 10.6 Å². The second kappa shape index (κ2) is 6.65. The number of hydrogen-bond acceptors (Lipinski definition) is 5. The van der Waals surface area contributed by atoms with E-state index in [1.165, 1.54) is 0 Å². The molecule has 5 nitrogen and oxygen atoms in total. The van der Waals surface area contributed by atoms with Gasteiger partial charge in [0, 0.05) is 17.3 Å². The third-order valence-corrected chi connectivity index (χ3v) is 3.88. The van der Waals surface area contributed by atoms with Gasteiger partial charge in [-0.15, -0.1) is 0 Å². The van der Waals surface area contributed by atoms with Crippen molar-refractivity contribution in [3.05, 3.63) is 78.5 Å². The van der Waals surface area contributed by atoms with Gasteiger partial charge in [-0.05, 0) is 61.5 Å². The summed E-state index contributed by atoms with van der Waals surface area (Å²) in [6.45, 7) is 2.56. The molecule has 0 bridgehead atoms. The van der Waals surface area contributed by atoms with Gasteiger partial charge in [0.2, 0.25) is 0 Å². The van der Waals surface area contributed by atoms with Crippen LogP contribution in [0.3, 0.4) is 0 Å². The molecule has 0 radical (unpaired) electrons. The number of fused-ring (bicyclic) bond motifs is 1. The zero-order chi connectivity index (χ0) is 17.1. The normalized spacial score (nSPS) is 10.8. The molecule has 2 N–H and O–H groups in total. The number of nitrogens with one attached hydrogen (secondary N) is 2. The summed E-state index contributed by atoms with van der Waals surface area (Å²) in [7, 11) is 0. The van der Waals surface area contributed by atoms with Crippen LogP contribution in [-0.2, 0) is 6.54 Å². The molecule has 0 unspecified atom stereocenters. The third-order valence-electron chi connectivity index (χ3n) is 3.88. The number of aromatic nitrogens is 2.